The Bertz CT molecular complexity index is 1290. The van der Waals surface area contributed by atoms with Crippen LogP contribution in [0.2, 0.25) is 0 Å². The highest BCUT2D eigenvalue weighted by Crippen LogP contribution is 2.44. The molecule has 2 fully saturated rings. The first-order valence-electron chi connectivity index (χ1n) is 10.7. The largest absolute Gasteiger partial charge is 0.481 e. The number of thiazole rings is 1. The van der Waals surface area contributed by atoms with Gasteiger partial charge in [0.2, 0.25) is 11.1 Å². The zero-order chi connectivity index (χ0) is 27.6. The summed E-state index contributed by atoms with van der Waals surface area (Å²) in [5, 5.41) is 37.9. The van der Waals surface area contributed by atoms with Gasteiger partial charge in [-0.3, -0.25) is 19.2 Å². The van der Waals surface area contributed by atoms with E-state index >= 15 is 0 Å². The summed E-state index contributed by atoms with van der Waals surface area (Å²) in [5.41, 5.74) is 9.88. The minimum absolute atomic E-state index is 0.00142. The van der Waals surface area contributed by atoms with E-state index < -0.39 is 46.6 Å². The van der Waals surface area contributed by atoms with Crippen molar-refractivity contribution in [1.29, 1.82) is 0 Å². The Morgan fingerprint density at radius 3 is 2.82 bits per heavy atom. The van der Waals surface area contributed by atoms with Crippen LogP contribution in [0.3, 0.4) is 0 Å². The number of hydrogen-bond acceptors (Lipinski definition) is 15. The van der Waals surface area contributed by atoms with Gasteiger partial charge in [-0.05, 0) is 10.4 Å². The standard InChI is InChI=1S/C18H22N10O7S3/c1-35-24-9(8-3-36-16(20)21-8)11(29)22-10-12(30)27-4-18(15(33)34,5-37-13(10)27)6-38-17-23-25-26-28(17)2-7(19)14(31)32/h3,7,10,13H,2,4-6,19H2,1H3,(H2,20,21)(H,22,29)(H,31,32)(H,33,34)/t7?,10?,13-,18?/m1/s1. The number of tetrazole rings is 1. The van der Waals surface area contributed by atoms with Crippen LogP contribution in [-0.4, -0.2) is 112 Å². The Morgan fingerprint density at radius 2 is 2.18 bits per heavy atom. The molecule has 4 atom stereocenters. The summed E-state index contributed by atoms with van der Waals surface area (Å²) < 4.78 is 1.19. The fourth-order valence-electron chi connectivity index (χ4n) is 3.69. The molecule has 38 heavy (non-hydrogen) atoms. The van der Waals surface area contributed by atoms with Gasteiger partial charge in [0.15, 0.2) is 10.8 Å². The van der Waals surface area contributed by atoms with E-state index in [1.165, 1.54) is 33.8 Å². The molecule has 0 spiro atoms. The fraction of sp³-hybridized carbons (Fsp3) is 0.500. The number of carbonyl (C=O) groups is 4. The zero-order valence-corrected chi connectivity index (χ0v) is 22.0. The maximum atomic E-state index is 12.9. The van der Waals surface area contributed by atoms with Gasteiger partial charge in [0.1, 0.15) is 35.7 Å². The van der Waals surface area contributed by atoms with E-state index in [1.807, 2.05) is 0 Å². The van der Waals surface area contributed by atoms with Gasteiger partial charge in [0.25, 0.3) is 5.91 Å². The van der Waals surface area contributed by atoms with Crippen molar-refractivity contribution >= 4 is 69.5 Å². The molecule has 20 heteroatoms. The second kappa shape index (κ2) is 11.1. The maximum absolute atomic E-state index is 12.9. The number of nitrogens with two attached hydrogens (primary N) is 2. The van der Waals surface area contributed by atoms with E-state index in [2.05, 4.69) is 31.0 Å². The van der Waals surface area contributed by atoms with Crippen LogP contribution >= 0.6 is 34.9 Å². The van der Waals surface area contributed by atoms with Crippen molar-refractivity contribution in [1.82, 2.24) is 35.4 Å². The first-order chi connectivity index (χ1) is 18.1. The minimum atomic E-state index is -1.34. The molecular formula is C18H22N10O7S3. The van der Waals surface area contributed by atoms with Crippen LogP contribution in [0.15, 0.2) is 15.7 Å². The lowest BCUT2D eigenvalue weighted by molar-refractivity contribution is -0.157. The van der Waals surface area contributed by atoms with Crippen LogP contribution in [0.1, 0.15) is 5.69 Å². The molecular weight excluding hydrogens is 564 g/mol. The van der Waals surface area contributed by atoms with E-state index in [-0.39, 0.29) is 46.3 Å². The van der Waals surface area contributed by atoms with Crippen LogP contribution < -0.4 is 16.8 Å². The van der Waals surface area contributed by atoms with E-state index in [0.717, 1.165) is 23.1 Å². The number of nitrogen functional groups attached to an aromatic ring is 1. The highest BCUT2D eigenvalue weighted by molar-refractivity contribution is 8.00. The fourth-order valence-corrected chi connectivity index (χ4v) is 6.98. The molecule has 2 aromatic heterocycles. The molecule has 3 unspecified atom stereocenters. The number of oxime groups is 1. The van der Waals surface area contributed by atoms with E-state index in [0.29, 0.717) is 0 Å². The molecule has 2 saturated heterocycles. The summed E-state index contributed by atoms with van der Waals surface area (Å²) in [5.74, 6) is -3.35. The summed E-state index contributed by atoms with van der Waals surface area (Å²) in [6, 6.07) is -2.14. The van der Waals surface area contributed by atoms with Crippen LogP contribution in [0, 0.1) is 5.41 Å². The second-order valence-corrected chi connectivity index (χ2v) is 11.2. The third kappa shape index (κ3) is 5.37. The number of fused-ring (bicyclic) bond motifs is 1. The predicted molar refractivity (Wildman–Crippen MR) is 134 cm³/mol. The van der Waals surface area contributed by atoms with Gasteiger partial charge in [0, 0.05) is 23.4 Å². The SMILES string of the molecule is CON=C(C(=O)NC1C(=O)N2CC(CSc3nnnn3CC(N)C(=O)O)(C(=O)O)CS[C@H]12)c1csc(N)n1. The lowest BCUT2D eigenvalue weighted by atomic mass is 9.89. The Labute approximate surface area is 226 Å². The average molecular weight is 587 g/mol. The molecule has 2 amide bonds. The van der Waals surface area contributed by atoms with Crippen molar-refractivity contribution in [3.05, 3.63) is 11.1 Å². The minimum Gasteiger partial charge on any atom is -0.481 e. The average Bonchev–Trinajstić information content (AvgIpc) is 3.52. The number of β-lactam (4-membered cyclic amide) rings is 1. The number of aliphatic carboxylic acids is 2. The normalized spacial score (nSPS) is 23.8. The van der Waals surface area contributed by atoms with Crippen LogP contribution in [-0.2, 0) is 30.6 Å². The monoisotopic (exact) mass is 586 g/mol. The summed E-state index contributed by atoms with van der Waals surface area (Å²) in [6.07, 6.45) is 0. The van der Waals surface area contributed by atoms with Crippen LogP contribution in [0.25, 0.3) is 0 Å². The Hall–Kier alpha value is -3.49. The number of nitrogens with zero attached hydrogens (tertiary/aromatic N) is 7. The van der Waals surface area contributed by atoms with Crippen molar-refractivity contribution in [2.45, 2.75) is 29.2 Å². The summed E-state index contributed by atoms with van der Waals surface area (Å²) >= 11 is 3.35. The van der Waals surface area contributed by atoms with Gasteiger partial charge in [-0.15, -0.1) is 28.2 Å². The molecule has 2 aromatic rings. The number of nitrogens with one attached hydrogen (secondary N) is 1. The molecule has 0 radical (unpaired) electrons. The van der Waals surface area contributed by atoms with Crippen molar-refractivity contribution in [3.8, 4) is 0 Å². The smallest absolute Gasteiger partial charge is 0.322 e. The number of carboxylic acids is 2. The second-order valence-electron chi connectivity index (χ2n) is 8.27. The first kappa shape index (κ1) is 27.5. The number of aromatic nitrogens is 5. The van der Waals surface area contributed by atoms with E-state index in [9.17, 15) is 24.3 Å². The van der Waals surface area contributed by atoms with Crippen LogP contribution in [0.5, 0.6) is 0 Å². The molecule has 0 saturated carbocycles. The molecule has 4 heterocycles. The first-order valence-corrected chi connectivity index (χ1v) is 13.6. The number of amides is 2. The van der Waals surface area contributed by atoms with Crippen LogP contribution in [0.4, 0.5) is 5.13 Å². The van der Waals surface area contributed by atoms with E-state index in [4.69, 9.17) is 21.4 Å². The Balaban J connectivity index is 1.41. The summed E-state index contributed by atoms with van der Waals surface area (Å²) in [7, 11) is 1.26. The van der Waals surface area contributed by atoms with Gasteiger partial charge in [-0.25, -0.2) is 9.67 Å². The van der Waals surface area contributed by atoms with Crippen molar-refractivity contribution in [2.75, 3.05) is 30.9 Å². The number of hydrogen-bond donors (Lipinski definition) is 5. The quantitative estimate of drug-likeness (QED) is 0.0805. The molecule has 204 valence electrons. The van der Waals surface area contributed by atoms with Gasteiger partial charge in [-0.2, -0.15) is 0 Å². The lowest BCUT2D eigenvalue weighted by Crippen LogP contribution is -2.74. The summed E-state index contributed by atoms with van der Waals surface area (Å²) in [4.78, 5) is 59.3. The highest BCUT2D eigenvalue weighted by Gasteiger charge is 2.57. The van der Waals surface area contributed by atoms with Crippen molar-refractivity contribution < 1.29 is 34.2 Å². The third-order valence-corrected chi connectivity index (χ3v) is 9.22. The number of rotatable bonds is 11. The van der Waals surface area contributed by atoms with Gasteiger partial charge < -0.3 is 36.7 Å². The van der Waals surface area contributed by atoms with Gasteiger partial charge in [0.05, 0.1) is 6.54 Å². The van der Waals surface area contributed by atoms with Gasteiger partial charge >= 0.3 is 11.9 Å². The number of anilines is 1. The third-order valence-electron chi connectivity index (χ3n) is 5.71. The number of thioether (sulfide) groups is 2. The Morgan fingerprint density at radius 1 is 1.42 bits per heavy atom. The topological polar surface area (TPSA) is 254 Å². The molecule has 0 aliphatic carbocycles. The lowest BCUT2D eigenvalue weighted by Gasteiger charge is -2.53. The molecule has 4 rings (SSSR count). The Kier molecular flexibility index (Phi) is 8.04. The molecule has 7 N–H and O–H groups in total. The highest BCUT2D eigenvalue weighted by atomic mass is 32.2. The van der Waals surface area contributed by atoms with Crippen molar-refractivity contribution in [2.24, 2.45) is 16.3 Å². The molecule has 0 bridgehead atoms. The maximum Gasteiger partial charge on any atom is 0.322 e. The molecule has 2 aliphatic rings. The number of carbonyl (C=O) groups excluding carboxylic acids is 2. The zero-order valence-electron chi connectivity index (χ0n) is 19.6. The predicted octanol–water partition coefficient (Wildman–Crippen LogP) is -2.26. The molecule has 17 nitrogen and oxygen atoms in total. The summed E-state index contributed by atoms with van der Waals surface area (Å²) in [6.45, 7) is -0.300. The molecule has 0 aromatic carbocycles. The van der Waals surface area contributed by atoms with E-state index in [1.54, 1.807) is 0 Å². The van der Waals surface area contributed by atoms with Gasteiger partial charge in [-0.1, -0.05) is 16.9 Å². The number of carboxylic acid groups (broad SMARTS) is 2. The van der Waals surface area contributed by atoms with Crippen molar-refractivity contribution in [3.63, 3.8) is 0 Å². The molecule has 2 aliphatic heterocycles.